The van der Waals surface area contributed by atoms with E-state index in [1.165, 1.54) is 11.5 Å². The Kier molecular flexibility index (Phi) is 3.19. The highest BCUT2D eigenvalue weighted by atomic mass is 32.1. The average molecular weight is 311 g/mol. The van der Waals surface area contributed by atoms with Crippen molar-refractivity contribution in [3.8, 4) is 11.3 Å². The van der Waals surface area contributed by atoms with E-state index in [0.29, 0.717) is 18.8 Å². The Balaban J connectivity index is 1.66. The van der Waals surface area contributed by atoms with E-state index < -0.39 is 0 Å². The molecule has 3 heterocycles. The minimum atomic E-state index is -0.0698. The molecule has 110 valence electrons. The van der Waals surface area contributed by atoms with E-state index in [1.54, 1.807) is 10.3 Å². The van der Waals surface area contributed by atoms with Gasteiger partial charge in [0.15, 0.2) is 5.69 Å². The number of amides is 1. The van der Waals surface area contributed by atoms with Crippen LogP contribution >= 0.6 is 11.5 Å². The van der Waals surface area contributed by atoms with Gasteiger partial charge in [0.05, 0.1) is 12.2 Å². The van der Waals surface area contributed by atoms with E-state index in [-0.39, 0.29) is 5.91 Å². The van der Waals surface area contributed by atoms with Gasteiger partial charge in [-0.1, -0.05) is 34.8 Å². The third-order valence-corrected chi connectivity index (χ3v) is 4.35. The topological polar surface area (TPSA) is 74.8 Å². The lowest BCUT2D eigenvalue weighted by Crippen LogP contribution is -2.36. The van der Waals surface area contributed by atoms with E-state index in [0.717, 1.165) is 28.9 Å². The number of nitrogens with zero attached hydrogens (tertiary/aromatic N) is 4. The summed E-state index contributed by atoms with van der Waals surface area (Å²) in [6.45, 7) is 1.21. The summed E-state index contributed by atoms with van der Waals surface area (Å²) < 4.78 is 3.76. The van der Waals surface area contributed by atoms with Crippen LogP contribution in [0.3, 0.4) is 0 Å². The zero-order valence-corrected chi connectivity index (χ0v) is 12.5. The molecule has 0 unspecified atom stereocenters. The number of hydrogen-bond donors (Lipinski definition) is 1. The lowest BCUT2D eigenvalue weighted by Gasteiger charge is -2.26. The van der Waals surface area contributed by atoms with Gasteiger partial charge in [-0.15, -0.1) is 5.10 Å². The van der Waals surface area contributed by atoms with Gasteiger partial charge in [0, 0.05) is 35.2 Å². The largest absolute Gasteiger partial charge is 0.332 e. The number of aromatic nitrogens is 4. The first kappa shape index (κ1) is 13.1. The zero-order valence-electron chi connectivity index (χ0n) is 11.7. The van der Waals surface area contributed by atoms with Gasteiger partial charge < -0.3 is 4.90 Å². The molecule has 1 aromatic carbocycles. The van der Waals surface area contributed by atoms with Crippen LogP contribution in [0.2, 0.25) is 0 Å². The quantitative estimate of drug-likeness (QED) is 0.786. The Bertz CT molecular complexity index is 797. The Labute approximate surface area is 131 Å². The number of hydrogen-bond acceptors (Lipinski definition) is 5. The maximum Gasteiger partial charge on any atom is 0.275 e. The second kappa shape index (κ2) is 5.34. The van der Waals surface area contributed by atoms with Gasteiger partial charge in [0.2, 0.25) is 0 Å². The molecule has 1 aliphatic heterocycles. The fourth-order valence-electron chi connectivity index (χ4n) is 2.72. The molecule has 0 spiro atoms. The van der Waals surface area contributed by atoms with Gasteiger partial charge in [-0.05, 0) is 11.5 Å². The number of fused-ring (bicyclic) bond motifs is 1. The fraction of sp³-hybridized carbons (Fsp3) is 0.200. The molecule has 7 heteroatoms. The van der Waals surface area contributed by atoms with Crippen molar-refractivity contribution in [3.05, 3.63) is 52.7 Å². The molecule has 0 fully saturated rings. The van der Waals surface area contributed by atoms with Crippen molar-refractivity contribution < 1.29 is 4.79 Å². The second-order valence-electron chi connectivity index (χ2n) is 5.16. The van der Waals surface area contributed by atoms with Crippen molar-refractivity contribution in [2.45, 2.75) is 13.0 Å². The number of nitrogens with one attached hydrogen (secondary N) is 1. The van der Waals surface area contributed by atoms with Crippen LogP contribution in [0.25, 0.3) is 11.3 Å². The van der Waals surface area contributed by atoms with E-state index in [2.05, 4.69) is 19.8 Å². The Morgan fingerprint density at radius 3 is 2.91 bits per heavy atom. The van der Waals surface area contributed by atoms with Crippen molar-refractivity contribution in [1.29, 1.82) is 0 Å². The Hall–Kier alpha value is -2.54. The van der Waals surface area contributed by atoms with E-state index >= 15 is 0 Å². The summed E-state index contributed by atoms with van der Waals surface area (Å²) >= 11 is 1.19. The van der Waals surface area contributed by atoms with Gasteiger partial charge >= 0.3 is 0 Å². The molecular formula is C15H13N5OS. The lowest BCUT2D eigenvalue weighted by molar-refractivity contribution is 0.0728. The predicted octanol–water partition coefficient (Wildman–Crippen LogP) is 2.13. The van der Waals surface area contributed by atoms with Crippen LogP contribution in [0.4, 0.5) is 0 Å². The van der Waals surface area contributed by atoms with E-state index in [4.69, 9.17) is 0 Å². The van der Waals surface area contributed by atoms with Crippen LogP contribution in [0.15, 0.2) is 35.7 Å². The maximum atomic E-state index is 12.4. The molecule has 2 aromatic heterocycles. The first-order valence-electron chi connectivity index (χ1n) is 7.01. The molecule has 1 amide bonds. The summed E-state index contributed by atoms with van der Waals surface area (Å²) in [6, 6.07) is 10.0. The van der Waals surface area contributed by atoms with Crippen molar-refractivity contribution >= 4 is 17.4 Å². The van der Waals surface area contributed by atoms with Crippen LogP contribution < -0.4 is 0 Å². The summed E-state index contributed by atoms with van der Waals surface area (Å²) in [5, 5.41) is 13.1. The van der Waals surface area contributed by atoms with Crippen molar-refractivity contribution in [2.75, 3.05) is 6.54 Å². The molecule has 6 nitrogen and oxygen atoms in total. The second-order valence-corrected chi connectivity index (χ2v) is 5.77. The van der Waals surface area contributed by atoms with Crippen LogP contribution in [-0.2, 0) is 13.0 Å². The number of aromatic amines is 1. The smallest absolute Gasteiger partial charge is 0.275 e. The van der Waals surface area contributed by atoms with Crippen LogP contribution in [-0.4, -0.2) is 37.1 Å². The highest BCUT2D eigenvalue weighted by Gasteiger charge is 2.27. The third kappa shape index (κ3) is 2.19. The summed E-state index contributed by atoms with van der Waals surface area (Å²) in [4.78, 5) is 14.2. The minimum absolute atomic E-state index is 0.0698. The summed E-state index contributed by atoms with van der Waals surface area (Å²) in [5.74, 6) is -0.0698. The lowest BCUT2D eigenvalue weighted by atomic mass is 10.0. The highest BCUT2D eigenvalue weighted by Crippen LogP contribution is 2.28. The van der Waals surface area contributed by atoms with Crippen molar-refractivity contribution in [2.24, 2.45) is 0 Å². The first-order chi connectivity index (χ1) is 10.8. The van der Waals surface area contributed by atoms with Gasteiger partial charge in [0.25, 0.3) is 5.91 Å². The third-order valence-electron chi connectivity index (χ3n) is 3.85. The summed E-state index contributed by atoms with van der Waals surface area (Å²) in [7, 11) is 0. The molecule has 0 saturated heterocycles. The number of H-pyrrole nitrogens is 1. The Morgan fingerprint density at radius 2 is 2.14 bits per heavy atom. The minimum Gasteiger partial charge on any atom is -0.332 e. The standard InChI is InChI=1S/C15H13N5OS/c21-15(13-9-22-19-17-13)20-7-6-12-11(8-20)14(18-16-12)10-4-2-1-3-5-10/h1-5,9H,6-8H2,(H,16,18). The molecule has 4 rings (SSSR count). The number of carbonyl (C=O) groups excluding carboxylic acids is 1. The average Bonchev–Trinajstić information content (AvgIpc) is 3.24. The number of rotatable bonds is 2. The normalized spacial score (nSPS) is 13.9. The van der Waals surface area contributed by atoms with E-state index in [1.807, 2.05) is 30.3 Å². The summed E-state index contributed by atoms with van der Waals surface area (Å²) in [5.41, 5.74) is 4.60. The van der Waals surface area contributed by atoms with Gasteiger partial charge in [-0.3, -0.25) is 9.89 Å². The van der Waals surface area contributed by atoms with Crippen LogP contribution in [0.1, 0.15) is 21.7 Å². The highest BCUT2D eigenvalue weighted by molar-refractivity contribution is 7.03. The van der Waals surface area contributed by atoms with Gasteiger partial charge in [-0.25, -0.2) is 0 Å². The molecule has 1 aliphatic rings. The van der Waals surface area contributed by atoms with E-state index in [9.17, 15) is 4.79 Å². The molecule has 0 aliphatic carbocycles. The fourth-order valence-corrected chi connectivity index (χ4v) is 3.15. The molecule has 0 saturated carbocycles. The molecule has 3 aromatic rings. The van der Waals surface area contributed by atoms with Crippen molar-refractivity contribution in [1.82, 2.24) is 24.7 Å². The number of benzene rings is 1. The molecule has 0 bridgehead atoms. The molecular weight excluding hydrogens is 298 g/mol. The molecule has 1 N–H and O–H groups in total. The van der Waals surface area contributed by atoms with Crippen LogP contribution in [0.5, 0.6) is 0 Å². The number of carbonyl (C=O) groups is 1. The summed E-state index contributed by atoms with van der Waals surface area (Å²) in [6.07, 6.45) is 0.776. The van der Waals surface area contributed by atoms with Crippen LogP contribution in [0, 0.1) is 0 Å². The maximum absolute atomic E-state index is 12.4. The SMILES string of the molecule is O=C(c1csnn1)N1CCc2[nH]nc(-c3ccccc3)c2C1. The predicted molar refractivity (Wildman–Crippen MR) is 82.4 cm³/mol. The zero-order chi connectivity index (χ0) is 14.9. The van der Waals surface area contributed by atoms with Gasteiger partial charge in [0.1, 0.15) is 0 Å². The first-order valence-corrected chi connectivity index (χ1v) is 7.84. The van der Waals surface area contributed by atoms with Gasteiger partial charge in [-0.2, -0.15) is 5.10 Å². The molecule has 0 atom stereocenters. The monoisotopic (exact) mass is 311 g/mol. The molecule has 22 heavy (non-hydrogen) atoms. The molecule has 0 radical (unpaired) electrons. The van der Waals surface area contributed by atoms with Crippen molar-refractivity contribution in [3.63, 3.8) is 0 Å². The Morgan fingerprint density at radius 1 is 1.27 bits per heavy atom.